The summed E-state index contributed by atoms with van der Waals surface area (Å²) in [7, 11) is 1.59. The number of alkyl halides is 3. The third-order valence-electron chi connectivity index (χ3n) is 21.5. The Morgan fingerprint density at radius 2 is 0.648 bits per heavy atom. The molecule has 0 aliphatic rings. The van der Waals surface area contributed by atoms with Crippen molar-refractivity contribution in [3.63, 3.8) is 0 Å². The summed E-state index contributed by atoms with van der Waals surface area (Å²) in [5.74, 6) is 6.58. The summed E-state index contributed by atoms with van der Waals surface area (Å²) in [5.41, 5.74) is 38.8. The number of hydrogen-bond acceptors (Lipinski definition) is 21. The zero-order chi connectivity index (χ0) is 92.3. The Labute approximate surface area is 791 Å². The fraction of sp³-hybridized carbons (Fsp3) is 0.244. The first-order valence-corrected chi connectivity index (χ1v) is 44.4. The van der Waals surface area contributed by atoms with Crippen molar-refractivity contribution >= 4 is 170 Å². The SMILES string of the molecule is CCOc1c(C(C)c2nc(Br)c3c(N)nccn23)cc(Cl)c(C)c1-c1ccc(Cl)nc1.CCOc1c(C(C)c2nc(Br)c3c(N)nccn23)cc(Cl)c(C)c1-c1ccc(OC)nc1.CCOc1c(C(C)c2nc(Cl)c3c(N)nccn23)cc(Cl)c(C)c1-c1ccc(C(F)(F)F)nc1.CCOc1c(C(C)c2nc(Cl)c3c(N)nccn23)cc(Cl)c(C)c1-c1ccc(Cl)nc1. The van der Waals surface area contributed by atoms with Gasteiger partial charge in [0.05, 0.1) is 33.5 Å². The van der Waals surface area contributed by atoms with Gasteiger partial charge in [-0.05, 0) is 170 Å². The minimum atomic E-state index is -4.54. The van der Waals surface area contributed by atoms with Crippen molar-refractivity contribution in [3.8, 4) is 73.4 Å². The van der Waals surface area contributed by atoms with Gasteiger partial charge in [-0.2, -0.15) is 13.2 Å². The number of aromatic nitrogens is 16. The highest BCUT2D eigenvalue weighted by molar-refractivity contribution is 9.10. The van der Waals surface area contributed by atoms with Crippen LogP contribution in [0.25, 0.3) is 66.6 Å². The molecule has 0 amide bonds. The minimum absolute atomic E-state index is 0.153. The van der Waals surface area contributed by atoms with Gasteiger partial charge in [0, 0.05) is 191 Å². The van der Waals surface area contributed by atoms with E-state index in [1.54, 1.807) is 92.4 Å². The standard InChI is InChI=1S/C23H23BrClN5O2.C23H20Cl2F3N5O.C22H20BrCl2N5O.C22H20Cl3N5O/c1-5-32-20-15(12(2)23-29-21(24)19-22(26)27-8-9-30(19)23)10-16(25)13(3)18(20)14-6-7-17(31-4)28-11-14;1-4-34-19-14(11(2)22-32-20(25)18-21(29)30-7-8-33(18)22)9-15(24)12(3)17(19)13-5-6-16(31-10-13)23(26,27)28;1-4-31-19-14(9-15(24)12(3)17(19)13-5-6-16(25)28-10-13)11(2)22-29-20(23)18-21(26)27-7-8-30(18)22;1-4-31-19-14(9-15(23)12(3)17(19)13-5-6-16(24)28-10-13)11(2)22-29-20(25)18-21(26)27-7-8-30(18)22/h6-12H,5H2,1-4H3,(H2,26,27);5-11H,4H2,1-3H3,(H2,29,30);2*5-11H,4H2,1-3H3,(H2,26,27). The molecular formula is C90H83Br2Cl8F3N20O5. The van der Waals surface area contributed by atoms with E-state index in [1.807, 2.05) is 130 Å². The van der Waals surface area contributed by atoms with Crippen molar-refractivity contribution in [2.24, 2.45) is 0 Å². The van der Waals surface area contributed by atoms with Crippen LogP contribution in [0.4, 0.5) is 36.4 Å². The van der Waals surface area contributed by atoms with E-state index < -0.39 is 11.9 Å². The molecule has 8 N–H and O–H groups in total. The van der Waals surface area contributed by atoms with Gasteiger partial charge < -0.3 is 46.6 Å². The lowest BCUT2D eigenvalue weighted by atomic mass is 9.91. The largest absolute Gasteiger partial charge is 0.493 e. The molecule has 0 aliphatic carbocycles. The second-order valence-electron chi connectivity index (χ2n) is 29.2. The number of anilines is 4. The molecule has 16 rings (SSSR count). The van der Waals surface area contributed by atoms with Gasteiger partial charge in [0.15, 0.2) is 33.6 Å². The Morgan fingerprint density at radius 1 is 0.375 bits per heavy atom. The average Bonchev–Trinajstić information content (AvgIpc) is 1.52. The van der Waals surface area contributed by atoms with Gasteiger partial charge in [0.2, 0.25) is 5.88 Å². The molecule has 25 nitrogen and oxygen atoms in total. The molecule has 0 aliphatic heterocycles. The number of methoxy groups -OCH3 is 1. The van der Waals surface area contributed by atoms with Gasteiger partial charge in [-0.1, -0.05) is 127 Å². The Morgan fingerprint density at radius 3 is 0.906 bits per heavy atom. The third kappa shape index (κ3) is 19.0. The predicted octanol–water partition coefficient (Wildman–Crippen LogP) is 24.7. The number of nitrogen functional groups attached to an aromatic ring is 4. The van der Waals surface area contributed by atoms with E-state index in [0.717, 1.165) is 113 Å². The highest BCUT2D eigenvalue weighted by atomic mass is 79.9. The number of benzene rings is 4. The first-order valence-electron chi connectivity index (χ1n) is 39.8. The van der Waals surface area contributed by atoms with E-state index in [-0.39, 0.29) is 34.6 Å². The fourth-order valence-electron chi connectivity index (χ4n) is 15.2. The molecule has 664 valence electrons. The topological polar surface area (TPSA) is 323 Å². The van der Waals surface area contributed by atoms with E-state index >= 15 is 0 Å². The lowest BCUT2D eigenvalue weighted by Gasteiger charge is -2.22. The van der Waals surface area contributed by atoms with E-state index in [9.17, 15) is 13.2 Å². The number of fused-ring (bicyclic) bond motifs is 4. The van der Waals surface area contributed by atoms with Crippen molar-refractivity contribution in [1.29, 1.82) is 0 Å². The maximum Gasteiger partial charge on any atom is 0.433 e. The molecule has 0 radical (unpaired) electrons. The van der Waals surface area contributed by atoms with Crippen LogP contribution in [0.3, 0.4) is 0 Å². The molecule has 38 heteroatoms. The zero-order valence-corrected chi connectivity index (χ0v) is 80.1. The first-order chi connectivity index (χ1) is 61.1. The van der Waals surface area contributed by atoms with Gasteiger partial charge in [-0.15, -0.1) is 0 Å². The van der Waals surface area contributed by atoms with Crippen molar-refractivity contribution in [1.82, 2.24) is 77.4 Å². The fourth-order valence-corrected chi connectivity index (χ4v) is 18.0. The van der Waals surface area contributed by atoms with Crippen molar-refractivity contribution in [3.05, 3.63) is 271 Å². The van der Waals surface area contributed by atoms with Crippen LogP contribution in [0, 0.1) is 27.7 Å². The molecule has 12 aromatic heterocycles. The number of ether oxygens (including phenoxy) is 5. The molecule has 0 spiro atoms. The zero-order valence-electron chi connectivity index (χ0n) is 70.9. The van der Waals surface area contributed by atoms with Gasteiger partial charge in [0.25, 0.3) is 0 Å². The highest BCUT2D eigenvalue weighted by Gasteiger charge is 2.35. The van der Waals surface area contributed by atoms with Crippen LogP contribution < -0.4 is 46.6 Å². The van der Waals surface area contributed by atoms with Gasteiger partial charge >= 0.3 is 6.18 Å². The molecule has 12 heterocycles. The number of pyridine rings is 4. The summed E-state index contributed by atoms with van der Waals surface area (Å²) in [6.45, 7) is 25.2. The molecule has 4 aromatic carbocycles. The summed E-state index contributed by atoms with van der Waals surface area (Å²) in [6.07, 6.45) is 15.5. The van der Waals surface area contributed by atoms with Gasteiger partial charge in [-0.3, -0.25) is 22.6 Å². The number of nitrogens with two attached hydrogens (primary N) is 4. The first kappa shape index (κ1) is 94.8. The maximum atomic E-state index is 13.0. The predicted molar refractivity (Wildman–Crippen MR) is 509 cm³/mol. The summed E-state index contributed by atoms with van der Waals surface area (Å²) in [5, 5.41) is 3.66. The lowest BCUT2D eigenvalue weighted by Crippen LogP contribution is -2.09. The molecule has 128 heavy (non-hydrogen) atoms. The van der Waals surface area contributed by atoms with Gasteiger partial charge in [-0.25, -0.2) is 54.8 Å². The quantitative estimate of drug-likeness (QED) is 0.0486. The van der Waals surface area contributed by atoms with Crippen LogP contribution in [-0.4, -0.2) is 111 Å². The second kappa shape index (κ2) is 40.1. The summed E-state index contributed by atoms with van der Waals surface area (Å²) >= 11 is 58.4. The number of imidazole rings is 4. The maximum absolute atomic E-state index is 13.0. The minimum Gasteiger partial charge on any atom is -0.493 e. The van der Waals surface area contributed by atoms with E-state index in [2.05, 4.69) is 95.5 Å². The van der Waals surface area contributed by atoms with Gasteiger partial charge in [0.1, 0.15) is 93.6 Å². The van der Waals surface area contributed by atoms with E-state index in [1.165, 1.54) is 12.3 Å². The average molecular weight is 2030 g/mol. The van der Waals surface area contributed by atoms with Crippen LogP contribution in [0.1, 0.15) is 153 Å². The van der Waals surface area contributed by atoms with Crippen molar-refractivity contribution in [2.45, 2.75) is 113 Å². The summed E-state index contributed by atoms with van der Waals surface area (Å²) in [4.78, 5) is 51.5. The molecule has 16 aromatic rings. The summed E-state index contributed by atoms with van der Waals surface area (Å²) in [6, 6.07) is 21.0. The molecule has 4 atom stereocenters. The lowest BCUT2D eigenvalue weighted by molar-refractivity contribution is -0.141. The molecular weight excluding hydrogens is 1940 g/mol. The normalized spacial score (nSPS) is 12.4. The van der Waals surface area contributed by atoms with Crippen molar-refractivity contribution < 1.29 is 36.9 Å². The molecule has 4 unspecified atom stereocenters. The van der Waals surface area contributed by atoms with Crippen LogP contribution in [-0.2, 0) is 6.18 Å². The molecule has 0 saturated heterocycles. The number of halogens is 13. The third-order valence-corrected chi connectivity index (χ3v) is 25.1. The number of nitrogens with zero attached hydrogens (tertiary/aromatic N) is 16. The van der Waals surface area contributed by atoms with Crippen molar-refractivity contribution in [2.75, 3.05) is 56.5 Å². The molecule has 0 fully saturated rings. The Bertz CT molecular complexity index is 6630. The Kier molecular flexibility index (Phi) is 29.7. The smallest absolute Gasteiger partial charge is 0.433 e. The van der Waals surface area contributed by atoms with Crippen LogP contribution in [0.2, 0.25) is 40.7 Å². The van der Waals surface area contributed by atoms with E-state index in [0.29, 0.717) is 145 Å². The number of hydrogen-bond donors (Lipinski definition) is 4. The summed E-state index contributed by atoms with van der Waals surface area (Å²) < 4.78 is 77.6. The highest BCUT2D eigenvalue weighted by Crippen LogP contribution is 2.51. The Hall–Kier alpha value is -10.8. The molecule has 0 saturated carbocycles. The monoisotopic (exact) mass is 2020 g/mol. The van der Waals surface area contributed by atoms with E-state index in [4.69, 9.17) is 149 Å². The second-order valence-corrected chi connectivity index (χ2v) is 33.8. The molecule has 0 bridgehead atoms. The van der Waals surface area contributed by atoms with Crippen LogP contribution in [0.5, 0.6) is 28.9 Å². The Balaban J connectivity index is 0.000000146. The van der Waals surface area contributed by atoms with Crippen LogP contribution >= 0.6 is 125 Å². The number of rotatable bonds is 21. The van der Waals surface area contributed by atoms with Crippen LogP contribution in [0.15, 0.2) is 156 Å².